The lowest BCUT2D eigenvalue weighted by Crippen LogP contribution is -2.03. The molecule has 0 atom stereocenters. The van der Waals surface area contributed by atoms with Crippen LogP contribution in [0.5, 0.6) is 0 Å². The third-order valence-corrected chi connectivity index (χ3v) is 3.93. The number of halogens is 1. The fraction of sp³-hybridized carbons (Fsp3) is 0.200. The first-order valence-corrected chi connectivity index (χ1v) is 7.62. The van der Waals surface area contributed by atoms with Gasteiger partial charge in [-0.1, -0.05) is 6.07 Å². The van der Waals surface area contributed by atoms with Gasteiger partial charge in [-0.15, -0.1) is 10.2 Å². The van der Waals surface area contributed by atoms with E-state index < -0.39 is 19.1 Å². The number of nitro benzene ring substituents is 1. The van der Waals surface area contributed by atoms with Crippen LogP contribution in [-0.2, 0) is 16.1 Å². The van der Waals surface area contributed by atoms with Crippen LogP contribution in [0.1, 0.15) is 5.56 Å². The summed E-state index contributed by atoms with van der Waals surface area (Å²) in [6, 6.07) is 4.22. The van der Waals surface area contributed by atoms with Gasteiger partial charge in [0.15, 0.2) is 5.82 Å². The van der Waals surface area contributed by atoms with Crippen LogP contribution < -0.4 is 0 Å². The minimum absolute atomic E-state index is 0.121. The van der Waals surface area contributed by atoms with E-state index in [0.717, 1.165) is 0 Å². The van der Waals surface area contributed by atoms with Crippen LogP contribution in [0.2, 0.25) is 0 Å². The van der Waals surface area contributed by atoms with E-state index >= 15 is 0 Å². The number of nitro groups is 1. The maximum atomic E-state index is 11.3. The summed E-state index contributed by atoms with van der Waals surface area (Å²) >= 11 is 0. The molecule has 0 aliphatic carbocycles. The molecule has 10 heteroatoms. The van der Waals surface area contributed by atoms with Gasteiger partial charge in [-0.05, 0) is 12.5 Å². The molecule has 0 amide bonds. The van der Waals surface area contributed by atoms with Crippen LogP contribution in [-0.4, -0.2) is 28.1 Å². The van der Waals surface area contributed by atoms with Crippen LogP contribution >= 0.6 is 10.7 Å². The maximum absolute atomic E-state index is 11.3. The van der Waals surface area contributed by atoms with Crippen molar-refractivity contribution >= 4 is 25.4 Å². The summed E-state index contributed by atoms with van der Waals surface area (Å²) < 4.78 is 23.8. The topological polar surface area (TPSA) is 108 Å². The Kier molecular flexibility index (Phi) is 3.48. The van der Waals surface area contributed by atoms with Crippen molar-refractivity contribution in [3.63, 3.8) is 0 Å². The van der Waals surface area contributed by atoms with Crippen LogP contribution in [0.25, 0.3) is 11.4 Å². The molecule has 0 bridgehead atoms. The van der Waals surface area contributed by atoms with E-state index in [2.05, 4.69) is 10.2 Å². The number of aromatic nitrogens is 3. The van der Waals surface area contributed by atoms with Gasteiger partial charge in [0.25, 0.3) is 19.9 Å². The molecule has 0 radical (unpaired) electrons. The first-order chi connectivity index (χ1) is 9.21. The summed E-state index contributed by atoms with van der Waals surface area (Å²) in [5.74, 6) is 0.186. The molecule has 0 fully saturated rings. The molecule has 1 aromatic carbocycles. The predicted molar refractivity (Wildman–Crippen MR) is 70.9 cm³/mol. The van der Waals surface area contributed by atoms with Crippen molar-refractivity contribution in [3.05, 3.63) is 33.9 Å². The minimum Gasteiger partial charge on any atom is -0.300 e. The Morgan fingerprint density at radius 2 is 2.00 bits per heavy atom. The number of hydrogen-bond donors (Lipinski definition) is 0. The molecule has 0 aliphatic heterocycles. The third kappa shape index (κ3) is 2.49. The zero-order valence-electron chi connectivity index (χ0n) is 10.4. The average Bonchev–Trinajstić information content (AvgIpc) is 2.71. The van der Waals surface area contributed by atoms with E-state index in [1.807, 2.05) is 0 Å². The van der Waals surface area contributed by atoms with Crippen LogP contribution in [0.15, 0.2) is 23.4 Å². The summed E-state index contributed by atoms with van der Waals surface area (Å²) in [7, 11) is 2.61. The fourth-order valence-corrected chi connectivity index (χ4v) is 2.68. The van der Waals surface area contributed by atoms with Crippen molar-refractivity contribution < 1.29 is 13.3 Å². The van der Waals surface area contributed by atoms with Crippen molar-refractivity contribution in [3.8, 4) is 11.4 Å². The number of nitrogens with zero attached hydrogens (tertiary/aromatic N) is 4. The number of rotatable bonds is 3. The quantitative estimate of drug-likeness (QED) is 0.483. The molecule has 106 valence electrons. The molecule has 2 aromatic rings. The Hall–Kier alpha value is -2.00. The van der Waals surface area contributed by atoms with Gasteiger partial charge in [0.05, 0.1) is 4.92 Å². The van der Waals surface area contributed by atoms with Gasteiger partial charge in [0.1, 0.15) is 0 Å². The number of benzene rings is 1. The second kappa shape index (κ2) is 4.84. The summed E-state index contributed by atoms with van der Waals surface area (Å²) in [5.41, 5.74) is 0.995. The molecule has 1 aromatic heterocycles. The van der Waals surface area contributed by atoms with Gasteiger partial charge in [-0.25, -0.2) is 8.42 Å². The molecule has 2 rings (SSSR count). The van der Waals surface area contributed by atoms with Gasteiger partial charge in [-0.3, -0.25) is 14.7 Å². The Morgan fingerprint density at radius 3 is 2.50 bits per heavy atom. The monoisotopic (exact) mass is 316 g/mol. The largest absolute Gasteiger partial charge is 0.300 e. The maximum Gasteiger partial charge on any atom is 0.296 e. The molecule has 0 N–H and O–H groups in total. The molecule has 20 heavy (non-hydrogen) atoms. The van der Waals surface area contributed by atoms with Gasteiger partial charge in [-0.2, -0.15) is 0 Å². The van der Waals surface area contributed by atoms with Gasteiger partial charge in [0.2, 0.25) is 0 Å². The van der Waals surface area contributed by atoms with Crippen LogP contribution in [0.3, 0.4) is 0 Å². The molecule has 0 saturated heterocycles. The Balaban J connectivity index is 2.66. The van der Waals surface area contributed by atoms with E-state index in [1.165, 1.54) is 23.7 Å². The van der Waals surface area contributed by atoms with E-state index in [0.29, 0.717) is 11.1 Å². The summed E-state index contributed by atoms with van der Waals surface area (Å²) in [5, 5.41) is 17.6. The molecule has 8 nitrogen and oxygen atoms in total. The third-order valence-electron chi connectivity index (χ3n) is 2.73. The van der Waals surface area contributed by atoms with E-state index in [9.17, 15) is 18.5 Å². The van der Waals surface area contributed by atoms with Crippen LogP contribution in [0, 0.1) is 17.0 Å². The van der Waals surface area contributed by atoms with Gasteiger partial charge in [0, 0.05) is 35.4 Å². The highest BCUT2D eigenvalue weighted by atomic mass is 35.7. The van der Waals surface area contributed by atoms with E-state index in [1.54, 1.807) is 13.0 Å². The highest BCUT2D eigenvalue weighted by Crippen LogP contribution is 2.27. The van der Waals surface area contributed by atoms with Crippen molar-refractivity contribution in [2.45, 2.75) is 12.1 Å². The summed E-state index contributed by atoms with van der Waals surface area (Å²) in [6.07, 6.45) is 0. The molecular weight excluding hydrogens is 308 g/mol. The van der Waals surface area contributed by atoms with Gasteiger partial charge < -0.3 is 0 Å². The second-order valence-electron chi connectivity index (χ2n) is 4.06. The highest BCUT2D eigenvalue weighted by molar-refractivity contribution is 8.13. The molecule has 1 heterocycles. The zero-order chi connectivity index (χ0) is 15.1. The van der Waals surface area contributed by atoms with E-state index in [4.69, 9.17) is 10.7 Å². The molecular formula is C10H9ClN4O4S. The normalized spacial score (nSPS) is 11.6. The minimum atomic E-state index is -4.03. The first kappa shape index (κ1) is 14.4. The first-order valence-electron chi connectivity index (χ1n) is 5.31. The zero-order valence-corrected chi connectivity index (χ0v) is 12.0. The summed E-state index contributed by atoms with van der Waals surface area (Å²) in [4.78, 5) is 10.2. The average molecular weight is 317 g/mol. The fourth-order valence-electron chi connectivity index (χ4n) is 1.73. The number of hydrogen-bond acceptors (Lipinski definition) is 6. The molecule has 0 aliphatic rings. The number of non-ortho nitro benzene ring substituents is 1. The molecule has 0 spiro atoms. The molecule has 0 saturated carbocycles. The Morgan fingerprint density at radius 1 is 1.35 bits per heavy atom. The van der Waals surface area contributed by atoms with Crippen molar-refractivity contribution in [1.29, 1.82) is 0 Å². The standard InChI is InChI=1S/C10H9ClN4O4S/c1-6-3-4-7(15(16)17)5-8(6)9-12-13-10(14(9)2)20(11,18)19/h3-5H,1-2H3. The lowest BCUT2D eigenvalue weighted by molar-refractivity contribution is -0.384. The highest BCUT2D eigenvalue weighted by Gasteiger charge is 2.22. The van der Waals surface area contributed by atoms with Crippen molar-refractivity contribution in [2.24, 2.45) is 7.05 Å². The van der Waals surface area contributed by atoms with Crippen LogP contribution in [0.4, 0.5) is 5.69 Å². The van der Waals surface area contributed by atoms with Crippen molar-refractivity contribution in [2.75, 3.05) is 0 Å². The second-order valence-corrected chi connectivity index (χ2v) is 6.52. The Labute approximate surface area is 118 Å². The number of aryl methyl sites for hydroxylation is 1. The smallest absolute Gasteiger partial charge is 0.296 e. The molecule has 0 unspecified atom stereocenters. The lowest BCUT2D eigenvalue weighted by atomic mass is 10.1. The Bertz CT molecular complexity index is 800. The lowest BCUT2D eigenvalue weighted by Gasteiger charge is -2.05. The van der Waals surface area contributed by atoms with Gasteiger partial charge >= 0.3 is 0 Å². The summed E-state index contributed by atoms with van der Waals surface area (Å²) in [6.45, 7) is 1.72. The SMILES string of the molecule is Cc1ccc([N+](=O)[O-])cc1-c1nnc(S(=O)(=O)Cl)n1C. The predicted octanol–water partition coefficient (Wildman–Crippen LogP) is 1.63. The van der Waals surface area contributed by atoms with E-state index in [-0.39, 0.29) is 11.5 Å². The van der Waals surface area contributed by atoms with Crippen molar-refractivity contribution in [1.82, 2.24) is 14.8 Å².